The summed E-state index contributed by atoms with van der Waals surface area (Å²) >= 11 is 3.58. The number of halogens is 1. The second-order valence-corrected chi connectivity index (χ2v) is 6.49. The molecule has 1 heterocycles. The van der Waals surface area contributed by atoms with Gasteiger partial charge in [0.1, 0.15) is 6.04 Å². The summed E-state index contributed by atoms with van der Waals surface area (Å²) in [4.78, 5) is 23.2. The van der Waals surface area contributed by atoms with Crippen molar-refractivity contribution in [3.05, 3.63) is 34.3 Å². The Morgan fingerprint density at radius 3 is 2.75 bits per heavy atom. The highest BCUT2D eigenvalue weighted by molar-refractivity contribution is 9.10. The van der Waals surface area contributed by atoms with Crippen molar-refractivity contribution in [3.63, 3.8) is 0 Å². The minimum atomic E-state index is -0.350. The van der Waals surface area contributed by atoms with Crippen LogP contribution in [0.4, 0.5) is 0 Å². The number of hydrogen-bond acceptors (Lipinski definition) is 2. The average molecular weight is 337 g/mol. The van der Waals surface area contributed by atoms with Crippen LogP contribution in [0.2, 0.25) is 0 Å². The monoisotopic (exact) mass is 336 g/mol. The van der Waals surface area contributed by atoms with Crippen LogP contribution in [0.1, 0.15) is 31.2 Å². The van der Waals surface area contributed by atoms with Gasteiger partial charge in [0.2, 0.25) is 11.8 Å². The van der Waals surface area contributed by atoms with Gasteiger partial charge in [0.05, 0.1) is 0 Å². The molecule has 1 aromatic carbocycles. The highest BCUT2D eigenvalue weighted by Crippen LogP contribution is 2.49. The molecule has 4 nitrogen and oxygen atoms in total. The predicted molar refractivity (Wildman–Crippen MR) is 79.2 cm³/mol. The van der Waals surface area contributed by atoms with Crippen molar-refractivity contribution in [1.82, 2.24) is 10.6 Å². The fourth-order valence-corrected chi connectivity index (χ4v) is 3.48. The van der Waals surface area contributed by atoms with Crippen molar-refractivity contribution in [1.29, 1.82) is 0 Å². The number of rotatable bonds is 4. The fraction of sp³-hybridized carbons (Fsp3) is 0.467. The summed E-state index contributed by atoms with van der Waals surface area (Å²) in [6, 6.07) is 7.82. The molecule has 1 aliphatic heterocycles. The third kappa shape index (κ3) is 2.59. The Balaban J connectivity index is 1.62. The van der Waals surface area contributed by atoms with Gasteiger partial charge in [-0.25, -0.2) is 0 Å². The first kappa shape index (κ1) is 13.6. The van der Waals surface area contributed by atoms with Crippen LogP contribution < -0.4 is 10.6 Å². The molecule has 1 aliphatic carbocycles. The van der Waals surface area contributed by atoms with Crippen LogP contribution in [0.25, 0.3) is 0 Å². The summed E-state index contributed by atoms with van der Waals surface area (Å²) in [6.45, 7) is 0.640. The molecule has 1 saturated carbocycles. The third-order valence-corrected chi connectivity index (χ3v) is 4.90. The van der Waals surface area contributed by atoms with Gasteiger partial charge in [-0.05, 0) is 30.9 Å². The van der Waals surface area contributed by atoms with Crippen molar-refractivity contribution in [3.8, 4) is 0 Å². The van der Waals surface area contributed by atoms with Gasteiger partial charge in [-0.3, -0.25) is 9.59 Å². The van der Waals surface area contributed by atoms with E-state index >= 15 is 0 Å². The minimum absolute atomic E-state index is 0.0305. The third-order valence-electron chi connectivity index (χ3n) is 4.21. The maximum absolute atomic E-state index is 12.0. The molecule has 3 rings (SSSR count). The van der Waals surface area contributed by atoms with E-state index in [0.29, 0.717) is 19.4 Å². The molecule has 106 valence electrons. The highest BCUT2D eigenvalue weighted by Gasteiger charge is 2.45. The molecule has 5 heteroatoms. The number of carbonyl (C=O) groups is 2. The van der Waals surface area contributed by atoms with E-state index in [2.05, 4.69) is 32.6 Å². The molecule has 2 aliphatic rings. The van der Waals surface area contributed by atoms with Crippen LogP contribution in [0, 0.1) is 0 Å². The van der Waals surface area contributed by atoms with E-state index in [9.17, 15) is 9.59 Å². The van der Waals surface area contributed by atoms with Gasteiger partial charge in [0.25, 0.3) is 0 Å². The number of nitrogens with one attached hydrogen (secondary N) is 2. The summed E-state index contributed by atoms with van der Waals surface area (Å²) in [5.74, 6) is -0.0914. The normalized spacial score (nSPS) is 23.2. The standard InChI is InChI=1S/C15H17BrN2O2/c16-11-4-2-1-3-10(11)15(7-8-15)9-17-14(20)12-5-6-13(19)18-12/h1-4,12H,5-9H2,(H,17,20)(H,18,19)/t12-/m1/s1. The van der Waals surface area contributed by atoms with Crippen LogP contribution in [0.3, 0.4) is 0 Å². The zero-order valence-corrected chi connectivity index (χ0v) is 12.7. The Hall–Kier alpha value is -1.36. The van der Waals surface area contributed by atoms with E-state index in [0.717, 1.165) is 17.3 Å². The summed E-state index contributed by atoms with van der Waals surface area (Å²) < 4.78 is 1.10. The predicted octanol–water partition coefficient (Wildman–Crippen LogP) is 1.88. The molecule has 0 unspecified atom stereocenters. The Kier molecular flexibility index (Phi) is 3.54. The molecular weight excluding hydrogens is 320 g/mol. The number of benzene rings is 1. The van der Waals surface area contributed by atoms with Gasteiger partial charge < -0.3 is 10.6 Å². The van der Waals surface area contributed by atoms with Crippen LogP contribution >= 0.6 is 15.9 Å². The van der Waals surface area contributed by atoms with E-state index in [-0.39, 0.29) is 23.3 Å². The van der Waals surface area contributed by atoms with Crippen LogP contribution in [-0.4, -0.2) is 24.4 Å². The molecule has 1 saturated heterocycles. The summed E-state index contributed by atoms with van der Waals surface area (Å²) in [7, 11) is 0. The van der Waals surface area contributed by atoms with Gasteiger partial charge in [0.15, 0.2) is 0 Å². The maximum Gasteiger partial charge on any atom is 0.242 e. The molecule has 2 fully saturated rings. The first-order valence-corrected chi connectivity index (χ1v) is 7.72. The number of hydrogen-bond donors (Lipinski definition) is 2. The number of carbonyl (C=O) groups excluding carboxylic acids is 2. The molecular formula is C15H17BrN2O2. The molecule has 2 amide bonds. The lowest BCUT2D eigenvalue weighted by Crippen LogP contribution is -2.44. The maximum atomic E-state index is 12.0. The van der Waals surface area contributed by atoms with Gasteiger partial charge in [-0.2, -0.15) is 0 Å². The van der Waals surface area contributed by atoms with Crippen LogP contribution in [-0.2, 0) is 15.0 Å². The van der Waals surface area contributed by atoms with E-state index in [1.54, 1.807) is 0 Å². The van der Waals surface area contributed by atoms with Crippen LogP contribution in [0.15, 0.2) is 28.7 Å². The molecule has 0 bridgehead atoms. The van der Waals surface area contributed by atoms with Crippen LogP contribution in [0.5, 0.6) is 0 Å². The molecule has 0 spiro atoms. The first-order chi connectivity index (χ1) is 9.61. The second kappa shape index (κ2) is 5.20. The minimum Gasteiger partial charge on any atom is -0.353 e. The van der Waals surface area contributed by atoms with Gasteiger partial charge in [-0.15, -0.1) is 0 Å². The SMILES string of the molecule is O=C1CC[C@H](C(=O)NCC2(c3ccccc3Br)CC2)N1. The Bertz CT molecular complexity index is 555. The van der Waals surface area contributed by atoms with E-state index in [1.165, 1.54) is 5.56 Å². The lowest BCUT2D eigenvalue weighted by Gasteiger charge is -2.19. The van der Waals surface area contributed by atoms with Crippen molar-refractivity contribution in [2.75, 3.05) is 6.54 Å². The van der Waals surface area contributed by atoms with E-state index < -0.39 is 0 Å². The largest absolute Gasteiger partial charge is 0.353 e. The zero-order chi connectivity index (χ0) is 14.2. The fourth-order valence-electron chi connectivity index (χ4n) is 2.77. The smallest absolute Gasteiger partial charge is 0.242 e. The Morgan fingerprint density at radius 1 is 1.40 bits per heavy atom. The van der Waals surface area contributed by atoms with Gasteiger partial charge >= 0.3 is 0 Å². The summed E-state index contributed by atoms with van der Waals surface area (Å²) in [6.07, 6.45) is 3.24. The molecule has 1 atom stereocenters. The first-order valence-electron chi connectivity index (χ1n) is 6.93. The summed E-state index contributed by atoms with van der Waals surface area (Å²) in [5, 5.41) is 5.70. The summed E-state index contributed by atoms with van der Waals surface area (Å²) in [5.41, 5.74) is 1.33. The topological polar surface area (TPSA) is 58.2 Å². The van der Waals surface area contributed by atoms with Crippen molar-refractivity contribution >= 4 is 27.7 Å². The van der Waals surface area contributed by atoms with E-state index in [1.807, 2.05) is 18.2 Å². The van der Waals surface area contributed by atoms with Gasteiger partial charge in [-0.1, -0.05) is 34.1 Å². The molecule has 1 aromatic rings. The zero-order valence-electron chi connectivity index (χ0n) is 11.1. The molecule has 0 radical (unpaired) electrons. The lowest BCUT2D eigenvalue weighted by atomic mass is 9.96. The Labute approximate surface area is 126 Å². The second-order valence-electron chi connectivity index (χ2n) is 5.64. The number of amides is 2. The van der Waals surface area contributed by atoms with Crippen molar-refractivity contribution in [2.45, 2.75) is 37.1 Å². The van der Waals surface area contributed by atoms with Crippen molar-refractivity contribution in [2.24, 2.45) is 0 Å². The van der Waals surface area contributed by atoms with Gasteiger partial charge in [0, 0.05) is 22.9 Å². The highest BCUT2D eigenvalue weighted by atomic mass is 79.9. The molecule has 2 N–H and O–H groups in total. The van der Waals surface area contributed by atoms with E-state index in [4.69, 9.17) is 0 Å². The molecule has 20 heavy (non-hydrogen) atoms. The van der Waals surface area contributed by atoms with Crippen molar-refractivity contribution < 1.29 is 9.59 Å². The lowest BCUT2D eigenvalue weighted by molar-refractivity contribution is -0.125. The average Bonchev–Trinajstić information content (AvgIpc) is 3.10. The quantitative estimate of drug-likeness (QED) is 0.881. The molecule has 0 aromatic heterocycles. The Morgan fingerprint density at radius 2 is 2.15 bits per heavy atom.